The molecule has 0 aliphatic heterocycles. The summed E-state index contributed by atoms with van der Waals surface area (Å²) < 4.78 is 40.5. The molecule has 27 heavy (non-hydrogen) atoms. The lowest BCUT2D eigenvalue weighted by Crippen LogP contribution is -2.31. The molecule has 0 saturated heterocycles. The van der Waals surface area contributed by atoms with Gasteiger partial charge in [-0.1, -0.05) is 44.2 Å². The predicted molar refractivity (Wildman–Crippen MR) is 104 cm³/mol. The molecule has 0 atom stereocenters. The molecule has 0 unspecified atom stereocenters. The Kier molecular flexibility index (Phi) is 7.50. The van der Waals surface area contributed by atoms with Gasteiger partial charge in [0.1, 0.15) is 5.82 Å². The number of halogens is 1. The fraction of sp³-hybridized carbons (Fsp3) is 0.350. The van der Waals surface area contributed by atoms with Crippen molar-refractivity contribution in [3.05, 3.63) is 65.5 Å². The summed E-state index contributed by atoms with van der Waals surface area (Å²) in [6.07, 6.45) is 1.49. The summed E-state index contributed by atoms with van der Waals surface area (Å²) in [5.41, 5.74) is 0.896. The molecule has 5 nitrogen and oxygen atoms in total. The number of rotatable bonds is 9. The Morgan fingerprint density at radius 3 is 2.37 bits per heavy atom. The fourth-order valence-electron chi connectivity index (χ4n) is 2.79. The Morgan fingerprint density at radius 1 is 1.07 bits per heavy atom. The molecule has 0 spiro atoms. The normalized spacial score (nSPS) is 11.6. The molecule has 0 aliphatic carbocycles. The van der Waals surface area contributed by atoms with Crippen molar-refractivity contribution in [2.45, 2.75) is 31.6 Å². The zero-order chi connectivity index (χ0) is 19.9. The van der Waals surface area contributed by atoms with E-state index in [4.69, 9.17) is 0 Å². The van der Waals surface area contributed by atoms with Gasteiger partial charge in [0.05, 0.1) is 10.5 Å². The van der Waals surface area contributed by atoms with Gasteiger partial charge in [-0.3, -0.25) is 4.79 Å². The van der Waals surface area contributed by atoms with Crippen molar-refractivity contribution in [3.8, 4) is 0 Å². The highest BCUT2D eigenvalue weighted by atomic mass is 32.2. The van der Waals surface area contributed by atoms with Gasteiger partial charge in [0.2, 0.25) is 10.0 Å². The van der Waals surface area contributed by atoms with Crippen LogP contribution in [0.1, 0.15) is 36.2 Å². The third-order valence-electron chi connectivity index (χ3n) is 4.30. The van der Waals surface area contributed by atoms with Crippen molar-refractivity contribution >= 4 is 15.9 Å². The van der Waals surface area contributed by atoms with Crippen molar-refractivity contribution < 1.29 is 17.6 Å². The quantitative estimate of drug-likeness (QED) is 0.667. The summed E-state index contributed by atoms with van der Waals surface area (Å²) in [4.78, 5) is 12.2. The molecular formula is C20H25FN2O3S. The number of amides is 1. The molecule has 0 aromatic heterocycles. The van der Waals surface area contributed by atoms with Crippen LogP contribution in [0.25, 0.3) is 0 Å². The molecule has 146 valence electrons. The van der Waals surface area contributed by atoms with Crippen molar-refractivity contribution in [1.82, 2.24) is 9.62 Å². The van der Waals surface area contributed by atoms with E-state index in [9.17, 15) is 17.6 Å². The number of sulfonamides is 1. The van der Waals surface area contributed by atoms with Gasteiger partial charge in [0.15, 0.2) is 0 Å². The summed E-state index contributed by atoms with van der Waals surface area (Å²) in [7, 11) is -3.75. The molecule has 7 heteroatoms. The first-order chi connectivity index (χ1) is 12.9. The van der Waals surface area contributed by atoms with Crippen LogP contribution in [0.5, 0.6) is 0 Å². The highest BCUT2D eigenvalue weighted by molar-refractivity contribution is 7.89. The molecule has 1 amide bonds. The van der Waals surface area contributed by atoms with Gasteiger partial charge in [-0.15, -0.1) is 0 Å². The van der Waals surface area contributed by atoms with E-state index in [1.165, 1.54) is 10.4 Å². The van der Waals surface area contributed by atoms with Crippen LogP contribution in [0.4, 0.5) is 4.39 Å². The Labute approximate surface area is 160 Å². The Morgan fingerprint density at radius 2 is 1.74 bits per heavy atom. The maximum absolute atomic E-state index is 14.1. The molecule has 0 saturated carbocycles. The largest absolute Gasteiger partial charge is 0.352 e. The third kappa shape index (κ3) is 5.37. The lowest BCUT2D eigenvalue weighted by atomic mass is 10.1. The highest BCUT2D eigenvalue weighted by Crippen LogP contribution is 2.19. The standard InChI is InChI=1S/C20H25FN2O3S/c1-3-23(4-2)27(25,26)17-12-13-19(21)18(15-17)20(24)22-14-8-11-16-9-6-5-7-10-16/h5-7,9-10,12-13,15H,3-4,8,11,14H2,1-2H3,(H,22,24). The first-order valence-corrected chi connectivity index (χ1v) is 10.5. The minimum absolute atomic E-state index is 0.0814. The van der Waals surface area contributed by atoms with Crippen LogP contribution in [0.15, 0.2) is 53.4 Å². The summed E-state index contributed by atoms with van der Waals surface area (Å²) in [5, 5.41) is 2.66. The summed E-state index contributed by atoms with van der Waals surface area (Å²) in [5.74, 6) is -1.36. The van der Waals surface area contributed by atoms with Gasteiger partial charge in [0.25, 0.3) is 5.91 Å². The number of hydrogen-bond donors (Lipinski definition) is 1. The first-order valence-electron chi connectivity index (χ1n) is 9.02. The summed E-state index contributed by atoms with van der Waals surface area (Å²) in [6, 6.07) is 13.2. The van der Waals surface area contributed by atoms with Gasteiger partial charge in [-0.05, 0) is 36.6 Å². The molecule has 0 fully saturated rings. The Hall–Kier alpha value is -2.25. The maximum atomic E-state index is 14.1. The molecular weight excluding hydrogens is 367 g/mol. The zero-order valence-electron chi connectivity index (χ0n) is 15.6. The average molecular weight is 392 g/mol. The minimum atomic E-state index is -3.75. The zero-order valence-corrected chi connectivity index (χ0v) is 16.4. The highest BCUT2D eigenvalue weighted by Gasteiger charge is 2.24. The average Bonchev–Trinajstić information content (AvgIpc) is 2.67. The lowest BCUT2D eigenvalue weighted by molar-refractivity contribution is 0.0949. The van der Waals surface area contributed by atoms with E-state index in [-0.39, 0.29) is 10.5 Å². The van der Waals surface area contributed by atoms with Crippen LogP contribution in [0, 0.1) is 5.82 Å². The Bertz CT molecular complexity index is 866. The van der Waals surface area contributed by atoms with Gasteiger partial charge in [0, 0.05) is 19.6 Å². The second-order valence-corrected chi connectivity index (χ2v) is 8.01. The molecule has 0 aliphatic rings. The van der Waals surface area contributed by atoms with Crippen molar-refractivity contribution in [2.75, 3.05) is 19.6 Å². The lowest BCUT2D eigenvalue weighted by Gasteiger charge is -2.19. The van der Waals surface area contributed by atoms with Crippen molar-refractivity contribution in [1.29, 1.82) is 0 Å². The predicted octanol–water partition coefficient (Wildman–Crippen LogP) is 3.22. The SMILES string of the molecule is CCN(CC)S(=O)(=O)c1ccc(F)c(C(=O)NCCCc2ccccc2)c1. The minimum Gasteiger partial charge on any atom is -0.352 e. The van der Waals surface area contributed by atoms with Crippen LogP contribution in [-0.4, -0.2) is 38.3 Å². The van der Waals surface area contributed by atoms with E-state index < -0.39 is 21.7 Å². The molecule has 2 aromatic carbocycles. The maximum Gasteiger partial charge on any atom is 0.254 e. The topological polar surface area (TPSA) is 66.5 Å². The van der Waals surface area contributed by atoms with E-state index in [2.05, 4.69) is 5.32 Å². The molecule has 2 aromatic rings. The number of hydrogen-bond acceptors (Lipinski definition) is 3. The van der Waals surface area contributed by atoms with E-state index >= 15 is 0 Å². The van der Waals surface area contributed by atoms with Gasteiger partial charge >= 0.3 is 0 Å². The van der Waals surface area contributed by atoms with Crippen LogP contribution in [-0.2, 0) is 16.4 Å². The Balaban J connectivity index is 2.05. The number of carbonyl (C=O) groups excluding carboxylic acids is 1. The number of aryl methyl sites for hydroxylation is 1. The van der Waals surface area contributed by atoms with Gasteiger partial charge in [-0.25, -0.2) is 12.8 Å². The van der Waals surface area contributed by atoms with E-state index in [1.54, 1.807) is 13.8 Å². The molecule has 0 heterocycles. The molecule has 0 radical (unpaired) electrons. The fourth-order valence-corrected chi connectivity index (χ4v) is 4.27. The van der Waals surface area contributed by atoms with Crippen LogP contribution >= 0.6 is 0 Å². The van der Waals surface area contributed by atoms with Crippen LogP contribution in [0.3, 0.4) is 0 Å². The molecule has 0 bridgehead atoms. The third-order valence-corrected chi connectivity index (χ3v) is 6.34. The number of nitrogens with zero attached hydrogens (tertiary/aromatic N) is 1. The number of carbonyl (C=O) groups is 1. The van der Waals surface area contributed by atoms with Crippen LogP contribution in [0.2, 0.25) is 0 Å². The number of benzene rings is 2. The van der Waals surface area contributed by atoms with Crippen LogP contribution < -0.4 is 5.32 Å². The van der Waals surface area contributed by atoms with E-state index in [1.807, 2.05) is 30.3 Å². The summed E-state index contributed by atoms with van der Waals surface area (Å²) >= 11 is 0. The van der Waals surface area contributed by atoms with Crippen molar-refractivity contribution in [3.63, 3.8) is 0 Å². The van der Waals surface area contributed by atoms with Gasteiger partial charge in [-0.2, -0.15) is 4.31 Å². The summed E-state index contributed by atoms with van der Waals surface area (Å²) in [6.45, 7) is 4.44. The second kappa shape index (κ2) is 9.62. The monoisotopic (exact) mass is 392 g/mol. The van der Waals surface area contributed by atoms with E-state index in [0.717, 1.165) is 24.1 Å². The second-order valence-electron chi connectivity index (χ2n) is 6.08. The van der Waals surface area contributed by atoms with E-state index in [0.29, 0.717) is 26.1 Å². The van der Waals surface area contributed by atoms with Gasteiger partial charge < -0.3 is 5.32 Å². The first kappa shape index (κ1) is 21.1. The molecule has 1 N–H and O–H groups in total. The smallest absolute Gasteiger partial charge is 0.254 e. The van der Waals surface area contributed by atoms with Crippen molar-refractivity contribution in [2.24, 2.45) is 0 Å². The molecule has 2 rings (SSSR count). The number of nitrogens with one attached hydrogen (secondary N) is 1.